The van der Waals surface area contributed by atoms with Crippen molar-refractivity contribution in [1.82, 2.24) is 16.0 Å². The lowest BCUT2D eigenvalue weighted by Gasteiger charge is -2.65. The summed E-state index contributed by atoms with van der Waals surface area (Å²) >= 11 is 0. The minimum atomic E-state index is 0.0359. The lowest BCUT2D eigenvalue weighted by atomic mass is 9.41. The van der Waals surface area contributed by atoms with E-state index in [0.29, 0.717) is 6.04 Å². The number of rotatable bonds is 2. The minimum Gasteiger partial charge on any atom is -0.335 e. The van der Waals surface area contributed by atoms with E-state index in [1.165, 1.54) is 25.7 Å². The molecule has 0 bridgehead atoms. The monoisotopic (exact) mass is 277 g/mol. The van der Waals surface area contributed by atoms with Gasteiger partial charge in [-0.3, -0.25) is 0 Å². The van der Waals surface area contributed by atoms with Gasteiger partial charge in [0.15, 0.2) is 0 Å². The van der Waals surface area contributed by atoms with E-state index in [4.69, 9.17) is 0 Å². The molecule has 1 heterocycles. The Labute approximate surface area is 121 Å². The van der Waals surface area contributed by atoms with Gasteiger partial charge in [0, 0.05) is 11.6 Å². The first-order valence-corrected chi connectivity index (χ1v) is 8.42. The molecule has 2 atom stereocenters. The number of carbonyl (C=O) groups excluding carboxylic acids is 1. The van der Waals surface area contributed by atoms with Crippen LogP contribution in [0.25, 0.3) is 0 Å². The van der Waals surface area contributed by atoms with Crippen molar-refractivity contribution in [2.24, 2.45) is 23.7 Å². The summed E-state index contributed by atoms with van der Waals surface area (Å²) in [6.07, 6.45) is 7.36. The summed E-state index contributed by atoms with van der Waals surface area (Å²) in [5, 5.41) is 9.82. The van der Waals surface area contributed by atoms with Gasteiger partial charge in [0.25, 0.3) is 0 Å². The summed E-state index contributed by atoms with van der Waals surface area (Å²) in [6.45, 7) is 4.31. The number of nitrogens with one attached hydrogen (secondary N) is 3. The zero-order valence-corrected chi connectivity index (χ0v) is 12.5. The highest BCUT2D eigenvalue weighted by atomic mass is 16.2. The van der Waals surface area contributed by atoms with Crippen LogP contribution in [-0.4, -0.2) is 30.7 Å². The van der Waals surface area contributed by atoms with Crippen molar-refractivity contribution in [2.45, 2.75) is 57.0 Å². The molecule has 3 saturated carbocycles. The molecule has 4 heteroatoms. The number of piperidine rings is 1. The molecule has 2 unspecified atom stereocenters. The van der Waals surface area contributed by atoms with E-state index in [9.17, 15) is 4.79 Å². The summed E-state index contributed by atoms with van der Waals surface area (Å²) in [5.74, 6) is 3.88. The Bertz CT molecular complexity index is 389. The highest BCUT2D eigenvalue weighted by Crippen LogP contribution is 2.65. The predicted molar refractivity (Wildman–Crippen MR) is 78.4 cm³/mol. The Morgan fingerprint density at radius 1 is 1.10 bits per heavy atom. The van der Waals surface area contributed by atoms with Crippen LogP contribution in [0.1, 0.15) is 45.4 Å². The fourth-order valence-corrected chi connectivity index (χ4v) is 5.51. The second-order valence-electron chi connectivity index (χ2n) is 7.92. The van der Waals surface area contributed by atoms with Crippen LogP contribution in [0.5, 0.6) is 0 Å². The van der Waals surface area contributed by atoms with Gasteiger partial charge in [0.1, 0.15) is 0 Å². The Kier molecular flexibility index (Phi) is 2.99. The van der Waals surface area contributed by atoms with Crippen LogP contribution in [-0.2, 0) is 0 Å². The largest absolute Gasteiger partial charge is 0.335 e. The molecule has 20 heavy (non-hydrogen) atoms. The molecule has 0 spiro atoms. The van der Waals surface area contributed by atoms with Crippen LogP contribution in [0, 0.1) is 23.7 Å². The average molecular weight is 277 g/mol. The van der Waals surface area contributed by atoms with Gasteiger partial charge in [0.05, 0.1) is 0 Å². The van der Waals surface area contributed by atoms with Crippen molar-refractivity contribution >= 4 is 6.03 Å². The molecule has 4 nitrogen and oxygen atoms in total. The molecule has 3 N–H and O–H groups in total. The number of hydrogen-bond acceptors (Lipinski definition) is 2. The molecule has 4 aliphatic rings. The maximum absolute atomic E-state index is 12.3. The van der Waals surface area contributed by atoms with Crippen LogP contribution >= 0.6 is 0 Å². The maximum Gasteiger partial charge on any atom is 0.315 e. The number of urea groups is 1. The lowest BCUT2D eigenvalue weighted by Crippen LogP contribution is -2.64. The Morgan fingerprint density at radius 2 is 1.75 bits per heavy atom. The van der Waals surface area contributed by atoms with Crippen molar-refractivity contribution in [3.05, 3.63) is 0 Å². The molecule has 112 valence electrons. The molecule has 0 radical (unpaired) electrons. The molecule has 0 aromatic rings. The number of carbonyl (C=O) groups is 1. The summed E-state index contributed by atoms with van der Waals surface area (Å²) in [5.41, 5.74) is 0.0359. The van der Waals surface area contributed by atoms with Crippen molar-refractivity contribution in [3.8, 4) is 0 Å². The molecular formula is C16H27N3O. The van der Waals surface area contributed by atoms with Crippen molar-refractivity contribution < 1.29 is 4.79 Å². The zero-order valence-electron chi connectivity index (χ0n) is 12.5. The standard InChI is InChI=1S/C16H27N3O/c1-16(8-11-6-10-7-12(9-16)14(10)11)19-15(20)18-13-2-4-17-5-3-13/h10-14,17H,2-9H2,1H3,(H2,18,19,20). The Hall–Kier alpha value is -0.770. The molecule has 0 aromatic carbocycles. The van der Waals surface area contributed by atoms with Crippen LogP contribution in [0.2, 0.25) is 0 Å². The van der Waals surface area contributed by atoms with Crippen molar-refractivity contribution in [1.29, 1.82) is 0 Å². The maximum atomic E-state index is 12.3. The van der Waals surface area contributed by atoms with Crippen LogP contribution < -0.4 is 16.0 Å². The first-order chi connectivity index (χ1) is 9.63. The number of amides is 2. The van der Waals surface area contributed by atoms with Gasteiger partial charge in [-0.1, -0.05) is 0 Å². The molecule has 2 amide bonds. The van der Waals surface area contributed by atoms with Gasteiger partial charge in [-0.25, -0.2) is 4.79 Å². The average Bonchev–Trinajstić information content (AvgIpc) is 2.34. The second-order valence-corrected chi connectivity index (χ2v) is 7.92. The lowest BCUT2D eigenvalue weighted by molar-refractivity contribution is -0.143. The zero-order chi connectivity index (χ0) is 13.7. The molecule has 1 aliphatic heterocycles. The number of hydrogen-bond donors (Lipinski definition) is 3. The van der Waals surface area contributed by atoms with Gasteiger partial charge in [-0.15, -0.1) is 0 Å². The van der Waals surface area contributed by atoms with Crippen molar-refractivity contribution in [2.75, 3.05) is 13.1 Å². The first-order valence-electron chi connectivity index (χ1n) is 8.42. The fourth-order valence-electron chi connectivity index (χ4n) is 5.51. The van der Waals surface area contributed by atoms with E-state index in [1.807, 2.05) is 0 Å². The molecular weight excluding hydrogens is 250 g/mol. The molecule has 4 fully saturated rings. The van der Waals surface area contributed by atoms with Crippen LogP contribution in [0.15, 0.2) is 0 Å². The SMILES string of the molecule is CC1(NC(=O)NC2CCNCC2)CC2CC3CC(C1)C32. The van der Waals surface area contributed by atoms with Gasteiger partial charge in [-0.05, 0) is 82.2 Å². The molecule has 4 rings (SSSR count). The van der Waals surface area contributed by atoms with E-state index in [2.05, 4.69) is 22.9 Å². The summed E-state index contributed by atoms with van der Waals surface area (Å²) in [6, 6.07) is 0.418. The third kappa shape index (κ3) is 2.12. The van der Waals surface area contributed by atoms with Crippen LogP contribution in [0.3, 0.4) is 0 Å². The third-order valence-corrected chi connectivity index (χ3v) is 6.36. The Balaban J connectivity index is 1.32. The molecule has 0 aromatic heterocycles. The van der Waals surface area contributed by atoms with E-state index < -0.39 is 0 Å². The first kappa shape index (κ1) is 12.9. The second kappa shape index (κ2) is 4.62. The normalized spacial score (nSPS) is 46.6. The Morgan fingerprint density at radius 3 is 2.35 bits per heavy atom. The predicted octanol–water partition coefficient (Wildman–Crippen LogP) is 1.86. The summed E-state index contributed by atoms with van der Waals surface area (Å²) in [7, 11) is 0. The molecule has 3 aliphatic carbocycles. The van der Waals surface area contributed by atoms with E-state index in [0.717, 1.165) is 49.6 Å². The van der Waals surface area contributed by atoms with Crippen LogP contribution in [0.4, 0.5) is 4.79 Å². The third-order valence-electron chi connectivity index (χ3n) is 6.36. The van der Waals surface area contributed by atoms with E-state index in [1.54, 1.807) is 0 Å². The highest BCUT2D eigenvalue weighted by molar-refractivity contribution is 5.75. The smallest absolute Gasteiger partial charge is 0.315 e. The van der Waals surface area contributed by atoms with E-state index >= 15 is 0 Å². The topological polar surface area (TPSA) is 53.2 Å². The van der Waals surface area contributed by atoms with Crippen molar-refractivity contribution in [3.63, 3.8) is 0 Å². The van der Waals surface area contributed by atoms with E-state index in [-0.39, 0.29) is 11.6 Å². The minimum absolute atomic E-state index is 0.0359. The van der Waals surface area contributed by atoms with Gasteiger partial charge >= 0.3 is 6.03 Å². The summed E-state index contributed by atoms with van der Waals surface area (Å²) < 4.78 is 0. The van der Waals surface area contributed by atoms with Gasteiger partial charge < -0.3 is 16.0 Å². The van der Waals surface area contributed by atoms with Gasteiger partial charge in [0.2, 0.25) is 0 Å². The molecule has 1 saturated heterocycles. The highest BCUT2D eigenvalue weighted by Gasteiger charge is 2.59. The summed E-state index contributed by atoms with van der Waals surface area (Å²) in [4.78, 5) is 12.3. The van der Waals surface area contributed by atoms with Gasteiger partial charge in [-0.2, -0.15) is 0 Å². The fraction of sp³-hybridized carbons (Fsp3) is 0.938. The quantitative estimate of drug-likeness (QED) is 0.721.